The number of likely N-dealkylation sites (tertiary alicyclic amines) is 1. The molecule has 4 rings (SSSR count). The highest BCUT2D eigenvalue weighted by molar-refractivity contribution is 6.30. The second-order valence-electron chi connectivity index (χ2n) is 7.25. The van der Waals surface area contributed by atoms with Crippen molar-refractivity contribution in [2.75, 3.05) is 13.1 Å². The molecule has 2 heterocycles. The molecule has 0 spiro atoms. The molecule has 0 unspecified atom stereocenters. The summed E-state index contributed by atoms with van der Waals surface area (Å²) in [4.78, 5) is 14.6. The Morgan fingerprint density at radius 3 is 2.82 bits per heavy atom. The van der Waals surface area contributed by atoms with Crippen LogP contribution in [0.25, 0.3) is 0 Å². The zero-order valence-electron chi connectivity index (χ0n) is 15.7. The number of nitrogens with zero attached hydrogens (tertiary/aromatic N) is 4. The molecule has 1 atom stereocenters. The number of benzene rings is 2. The molecule has 1 aromatic heterocycles. The van der Waals surface area contributed by atoms with Gasteiger partial charge < -0.3 is 4.90 Å². The van der Waals surface area contributed by atoms with E-state index in [0.717, 1.165) is 37.4 Å². The van der Waals surface area contributed by atoms with E-state index in [9.17, 15) is 4.79 Å². The van der Waals surface area contributed by atoms with E-state index in [1.807, 2.05) is 41.3 Å². The van der Waals surface area contributed by atoms with Gasteiger partial charge in [-0.1, -0.05) is 59.3 Å². The molecule has 0 radical (unpaired) electrons. The van der Waals surface area contributed by atoms with E-state index in [2.05, 4.69) is 28.5 Å². The zero-order chi connectivity index (χ0) is 19.3. The third-order valence-corrected chi connectivity index (χ3v) is 5.48. The minimum absolute atomic E-state index is 0.0427. The Bertz CT molecular complexity index is 940. The predicted molar refractivity (Wildman–Crippen MR) is 109 cm³/mol. The third kappa shape index (κ3) is 4.42. The highest BCUT2D eigenvalue weighted by Crippen LogP contribution is 2.29. The van der Waals surface area contributed by atoms with Crippen molar-refractivity contribution in [3.8, 4) is 0 Å². The first-order chi connectivity index (χ1) is 13.7. The summed E-state index contributed by atoms with van der Waals surface area (Å²) in [5.41, 5.74) is 2.92. The largest absolute Gasteiger partial charge is 0.337 e. The summed E-state index contributed by atoms with van der Waals surface area (Å²) in [6, 6.07) is 18.3. The van der Waals surface area contributed by atoms with Crippen LogP contribution in [0, 0.1) is 0 Å². The Balaban J connectivity index is 1.32. The summed E-state index contributed by atoms with van der Waals surface area (Å²) in [7, 11) is 0. The minimum atomic E-state index is -0.0427. The van der Waals surface area contributed by atoms with Crippen LogP contribution in [-0.2, 0) is 13.0 Å². The van der Waals surface area contributed by atoms with Gasteiger partial charge in [0.2, 0.25) is 0 Å². The lowest BCUT2D eigenvalue weighted by Gasteiger charge is -2.15. The molecule has 0 saturated carbocycles. The van der Waals surface area contributed by atoms with Gasteiger partial charge >= 0.3 is 0 Å². The van der Waals surface area contributed by atoms with E-state index in [1.54, 1.807) is 10.9 Å². The first-order valence-corrected chi connectivity index (χ1v) is 10.1. The fraction of sp³-hybridized carbons (Fsp3) is 0.318. The van der Waals surface area contributed by atoms with Gasteiger partial charge in [-0.25, -0.2) is 0 Å². The van der Waals surface area contributed by atoms with Crippen molar-refractivity contribution in [2.45, 2.75) is 31.7 Å². The van der Waals surface area contributed by atoms with Crippen LogP contribution in [0.1, 0.15) is 40.4 Å². The SMILES string of the molecule is O=C(c1cn(CCCc2ccccc2)nn1)N1CC[C@H](c2cccc(Cl)c2)C1. The normalized spacial score (nSPS) is 16.5. The minimum Gasteiger partial charge on any atom is -0.337 e. The average molecular weight is 395 g/mol. The van der Waals surface area contributed by atoms with E-state index in [4.69, 9.17) is 11.6 Å². The molecule has 0 N–H and O–H groups in total. The molecule has 1 amide bonds. The monoisotopic (exact) mass is 394 g/mol. The Labute approximate surface area is 169 Å². The van der Waals surface area contributed by atoms with Crippen LogP contribution in [0.5, 0.6) is 0 Å². The summed E-state index contributed by atoms with van der Waals surface area (Å²) in [5, 5.41) is 8.97. The Morgan fingerprint density at radius 1 is 1.14 bits per heavy atom. The predicted octanol–water partition coefficient (Wildman–Crippen LogP) is 4.19. The zero-order valence-corrected chi connectivity index (χ0v) is 16.4. The molecule has 1 fully saturated rings. The second-order valence-corrected chi connectivity index (χ2v) is 7.68. The maximum absolute atomic E-state index is 12.8. The maximum atomic E-state index is 12.8. The quantitative estimate of drug-likeness (QED) is 0.629. The number of carbonyl (C=O) groups excluding carboxylic acids is 1. The van der Waals surface area contributed by atoms with Crippen molar-refractivity contribution >= 4 is 17.5 Å². The van der Waals surface area contributed by atoms with E-state index >= 15 is 0 Å². The van der Waals surface area contributed by atoms with Gasteiger partial charge in [-0.2, -0.15) is 0 Å². The first kappa shape index (κ1) is 18.7. The number of rotatable bonds is 6. The van der Waals surface area contributed by atoms with E-state index in [0.29, 0.717) is 18.2 Å². The number of hydrogen-bond acceptors (Lipinski definition) is 3. The number of halogens is 1. The van der Waals surface area contributed by atoms with Gasteiger partial charge in [-0.15, -0.1) is 5.10 Å². The van der Waals surface area contributed by atoms with E-state index < -0.39 is 0 Å². The fourth-order valence-corrected chi connectivity index (χ4v) is 3.93. The number of aryl methyl sites for hydroxylation is 2. The Morgan fingerprint density at radius 2 is 2.00 bits per heavy atom. The summed E-state index contributed by atoms with van der Waals surface area (Å²) < 4.78 is 1.76. The Hall–Kier alpha value is -2.66. The molecule has 28 heavy (non-hydrogen) atoms. The van der Waals surface area contributed by atoms with Gasteiger partial charge in [-0.3, -0.25) is 9.48 Å². The van der Waals surface area contributed by atoms with Crippen molar-refractivity contribution in [1.29, 1.82) is 0 Å². The number of amides is 1. The standard InChI is InChI=1S/C22H23ClN4O/c23-20-10-4-9-18(14-20)19-11-13-26(15-19)22(28)21-16-27(25-24-21)12-5-8-17-6-2-1-3-7-17/h1-4,6-7,9-10,14,16,19H,5,8,11-13,15H2/t19-/m0/s1. The first-order valence-electron chi connectivity index (χ1n) is 9.68. The summed E-state index contributed by atoms with van der Waals surface area (Å²) in [5.74, 6) is 0.280. The van der Waals surface area contributed by atoms with Crippen molar-refractivity contribution in [1.82, 2.24) is 19.9 Å². The summed E-state index contributed by atoms with van der Waals surface area (Å²) >= 11 is 6.10. The maximum Gasteiger partial charge on any atom is 0.276 e. The smallest absolute Gasteiger partial charge is 0.276 e. The molecule has 2 aromatic carbocycles. The number of carbonyl (C=O) groups is 1. The highest BCUT2D eigenvalue weighted by Gasteiger charge is 2.29. The van der Waals surface area contributed by atoms with Gasteiger partial charge in [-0.05, 0) is 42.5 Å². The van der Waals surface area contributed by atoms with Crippen LogP contribution in [0.15, 0.2) is 60.8 Å². The summed E-state index contributed by atoms with van der Waals surface area (Å²) in [6.07, 6.45) is 4.65. The highest BCUT2D eigenvalue weighted by atomic mass is 35.5. The molecule has 5 nitrogen and oxygen atoms in total. The molecule has 3 aromatic rings. The lowest BCUT2D eigenvalue weighted by atomic mass is 9.99. The molecule has 1 aliphatic rings. The lowest BCUT2D eigenvalue weighted by Crippen LogP contribution is -2.28. The van der Waals surface area contributed by atoms with Crippen molar-refractivity contribution in [3.63, 3.8) is 0 Å². The molecule has 144 valence electrons. The van der Waals surface area contributed by atoms with Gasteiger partial charge in [0.1, 0.15) is 0 Å². The molecule has 1 saturated heterocycles. The van der Waals surface area contributed by atoms with Crippen LogP contribution >= 0.6 is 11.6 Å². The van der Waals surface area contributed by atoms with Crippen LogP contribution < -0.4 is 0 Å². The molecular weight excluding hydrogens is 372 g/mol. The topological polar surface area (TPSA) is 51.0 Å². The second kappa shape index (κ2) is 8.57. The van der Waals surface area contributed by atoms with Crippen molar-refractivity contribution in [2.24, 2.45) is 0 Å². The number of hydrogen-bond donors (Lipinski definition) is 0. The molecule has 6 heteroatoms. The van der Waals surface area contributed by atoms with Crippen LogP contribution in [-0.4, -0.2) is 38.9 Å². The number of aromatic nitrogens is 3. The van der Waals surface area contributed by atoms with E-state index in [1.165, 1.54) is 11.1 Å². The third-order valence-electron chi connectivity index (χ3n) is 5.25. The molecule has 1 aliphatic heterocycles. The Kier molecular flexibility index (Phi) is 5.72. The van der Waals surface area contributed by atoms with Gasteiger partial charge in [0.25, 0.3) is 5.91 Å². The molecule has 0 aliphatic carbocycles. The van der Waals surface area contributed by atoms with Gasteiger partial charge in [0.15, 0.2) is 5.69 Å². The summed E-state index contributed by atoms with van der Waals surface area (Å²) in [6.45, 7) is 2.18. The van der Waals surface area contributed by atoms with Crippen molar-refractivity contribution < 1.29 is 4.79 Å². The molecule has 0 bridgehead atoms. The van der Waals surface area contributed by atoms with Gasteiger partial charge in [0.05, 0.1) is 6.20 Å². The molecular formula is C22H23ClN4O. The average Bonchev–Trinajstić information content (AvgIpc) is 3.38. The lowest BCUT2D eigenvalue weighted by molar-refractivity contribution is 0.0785. The van der Waals surface area contributed by atoms with Crippen LogP contribution in [0.3, 0.4) is 0 Å². The van der Waals surface area contributed by atoms with Crippen LogP contribution in [0.2, 0.25) is 5.02 Å². The fourth-order valence-electron chi connectivity index (χ4n) is 3.73. The van der Waals surface area contributed by atoms with Crippen molar-refractivity contribution in [3.05, 3.63) is 82.6 Å². The van der Waals surface area contributed by atoms with E-state index in [-0.39, 0.29) is 5.91 Å². The van der Waals surface area contributed by atoms with Gasteiger partial charge in [0, 0.05) is 30.6 Å². The van der Waals surface area contributed by atoms with Crippen LogP contribution in [0.4, 0.5) is 0 Å².